The highest BCUT2D eigenvalue weighted by atomic mass is 35.5. The van der Waals surface area contributed by atoms with Gasteiger partial charge < -0.3 is 10.6 Å². The Morgan fingerprint density at radius 3 is 2.22 bits per heavy atom. The first-order chi connectivity index (χ1) is 15.3. The van der Waals surface area contributed by atoms with E-state index in [9.17, 15) is 14.4 Å². The number of amides is 3. The van der Waals surface area contributed by atoms with Crippen LogP contribution >= 0.6 is 11.6 Å². The van der Waals surface area contributed by atoms with Gasteiger partial charge in [0.15, 0.2) is 0 Å². The minimum Gasteiger partial charge on any atom is -0.350 e. The quantitative estimate of drug-likeness (QED) is 0.542. The fraction of sp³-hybridized carbons (Fsp3) is 0.0800. The van der Waals surface area contributed by atoms with E-state index < -0.39 is 11.8 Å². The average Bonchev–Trinajstić information content (AvgIpc) is 2.98. The Hall–Kier alpha value is -3.90. The summed E-state index contributed by atoms with van der Waals surface area (Å²) in [4.78, 5) is 39.2. The Morgan fingerprint density at radius 2 is 1.50 bits per heavy atom. The molecule has 2 N–H and O–H groups in total. The highest BCUT2D eigenvalue weighted by Gasteiger charge is 2.38. The summed E-state index contributed by atoms with van der Waals surface area (Å²) in [5.41, 5.74) is 3.97. The molecule has 0 bridgehead atoms. The Balaban J connectivity index is 1.54. The summed E-state index contributed by atoms with van der Waals surface area (Å²) in [6.45, 7) is 3.86. The lowest BCUT2D eigenvalue weighted by Crippen LogP contribution is -2.32. The van der Waals surface area contributed by atoms with Crippen LogP contribution in [0.3, 0.4) is 0 Å². The maximum Gasteiger partial charge on any atom is 0.283 e. The zero-order valence-electron chi connectivity index (χ0n) is 17.5. The zero-order chi connectivity index (χ0) is 22.8. The lowest BCUT2D eigenvalue weighted by molar-refractivity contribution is -0.120. The van der Waals surface area contributed by atoms with E-state index >= 15 is 0 Å². The molecule has 0 saturated carbocycles. The van der Waals surface area contributed by atoms with Gasteiger partial charge in [-0.2, -0.15) is 0 Å². The molecule has 0 atom stereocenters. The van der Waals surface area contributed by atoms with Gasteiger partial charge in [-0.1, -0.05) is 47.5 Å². The monoisotopic (exact) mass is 445 g/mol. The zero-order valence-corrected chi connectivity index (χ0v) is 18.2. The minimum absolute atomic E-state index is 0.0338. The molecule has 0 radical (unpaired) electrons. The Morgan fingerprint density at radius 1 is 0.812 bits per heavy atom. The molecular weight excluding hydrogens is 426 g/mol. The van der Waals surface area contributed by atoms with E-state index in [1.54, 1.807) is 42.5 Å². The predicted molar refractivity (Wildman–Crippen MR) is 126 cm³/mol. The van der Waals surface area contributed by atoms with Gasteiger partial charge in [-0.15, -0.1) is 0 Å². The maximum atomic E-state index is 12.9. The number of rotatable bonds is 5. The number of hydrogen-bond donors (Lipinski definition) is 2. The molecule has 1 aliphatic rings. The van der Waals surface area contributed by atoms with Gasteiger partial charge in [0.25, 0.3) is 17.7 Å². The van der Waals surface area contributed by atoms with Crippen molar-refractivity contribution in [3.63, 3.8) is 0 Å². The van der Waals surface area contributed by atoms with Gasteiger partial charge in [-0.05, 0) is 61.9 Å². The first kappa shape index (κ1) is 21.3. The van der Waals surface area contributed by atoms with Crippen LogP contribution in [0.25, 0.3) is 0 Å². The molecule has 1 heterocycles. The lowest BCUT2D eigenvalue weighted by atomic mass is 10.1. The van der Waals surface area contributed by atoms with Crippen molar-refractivity contribution in [3.8, 4) is 0 Å². The normalized spacial score (nSPS) is 13.5. The summed E-state index contributed by atoms with van der Waals surface area (Å²) < 4.78 is 0. The van der Waals surface area contributed by atoms with Crippen LogP contribution < -0.4 is 15.5 Å². The van der Waals surface area contributed by atoms with Crippen molar-refractivity contribution in [1.29, 1.82) is 0 Å². The molecule has 1 aliphatic heterocycles. The molecule has 0 unspecified atom stereocenters. The molecule has 0 fully saturated rings. The van der Waals surface area contributed by atoms with Crippen LogP contribution in [-0.2, 0) is 9.59 Å². The Labute approximate surface area is 190 Å². The Kier molecular flexibility index (Phi) is 5.79. The van der Waals surface area contributed by atoms with Gasteiger partial charge in [-0.3, -0.25) is 14.4 Å². The molecule has 160 valence electrons. The molecule has 3 amide bonds. The lowest BCUT2D eigenvalue weighted by Gasteiger charge is -2.15. The van der Waals surface area contributed by atoms with Crippen molar-refractivity contribution < 1.29 is 14.4 Å². The van der Waals surface area contributed by atoms with Crippen LogP contribution in [-0.4, -0.2) is 17.7 Å². The van der Waals surface area contributed by atoms with Gasteiger partial charge >= 0.3 is 0 Å². The fourth-order valence-corrected chi connectivity index (χ4v) is 3.56. The van der Waals surface area contributed by atoms with Crippen molar-refractivity contribution in [3.05, 3.63) is 100 Å². The standard InChI is InChI=1S/C25H20ClN3O3/c1-15-9-11-20(12-10-15)29-24(31)21(26)22(25(29)32)27-19-8-4-6-17(14-19)23(30)28-18-7-3-5-16(2)13-18/h3-14,27H,1-2H3,(H,28,30). The Bertz CT molecular complexity index is 1270. The summed E-state index contributed by atoms with van der Waals surface area (Å²) >= 11 is 6.20. The number of aryl methyl sites for hydroxylation is 2. The number of carbonyl (C=O) groups excluding carboxylic acids is 3. The SMILES string of the molecule is Cc1ccc(N2C(=O)C(Cl)=C(Nc3cccc(C(=O)Nc4cccc(C)c4)c3)C2=O)cc1. The highest BCUT2D eigenvalue weighted by Crippen LogP contribution is 2.30. The van der Waals surface area contributed by atoms with E-state index in [1.807, 2.05) is 44.2 Å². The predicted octanol–water partition coefficient (Wildman–Crippen LogP) is 4.99. The van der Waals surface area contributed by atoms with Crippen molar-refractivity contribution in [1.82, 2.24) is 0 Å². The number of hydrogen-bond acceptors (Lipinski definition) is 4. The number of imide groups is 1. The summed E-state index contributed by atoms with van der Waals surface area (Å²) in [7, 11) is 0. The van der Waals surface area contributed by atoms with Crippen molar-refractivity contribution in [2.75, 3.05) is 15.5 Å². The third-order valence-corrected chi connectivity index (χ3v) is 5.34. The van der Waals surface area contributed by atoms with Crippen LogP contribution in [0.1, 0.15) is 21.5 Å². The second-order valence-electron chi connectivity index (χ2n) is 7.50. The fourth-order valence-electron chi connectivity index (χ4n) is 3.35. The third-order valence-electron chi connectivity index (χ3n) is 4.99. The number of halogens is 1. The van der Waals surface area contributed by atoms with Crippen LogP contribution in [0.4, 0.5) is 17.1 Å². The number of carbonyl (C=O) groups is 3. The molecule has 0 saturated heterocycles. The number of nitrogens with one attached hydrogen (secondary N) is 2. The van der Waals surface area contributed by atoms with Crippen molar-refractivity contribution in [2.24, 2.45) is 0 Å². The number of nitrogens with zero attached hydrogens (tertiary/aromatic N) is 1. The van der Waals surface area contributed by atoms with Gasteiger partial charge in [0.05, 0.1) is 5.69 Å². The topological polar surface area (TPSA) is 78.5 Å². The highest BCUT2D eigenvalue weighted by molar-refractivity contribution is 6.53. The van der Waals surface area contributed by atoms with Gasteiger partial charge in [0.1, 0.15) is 10.7 Å². The molecule has 7 heteroatoms. The van der Waals surface area contributed by atoms with Gasteiger partial charge in [0.2, 0.25) is 0 Å². The van der Waals surface area contributed by atoms with Crippen LogP contribution in [0.15, 0.2) is 83.5 Å². The molecule has 6 nitrogen and oxygen atoms in total. The largest absolute Gasteiger partial charge is 0.350 e. The molecule has 3 aromatic rings. The van der Waals surface area contributed by atoms with E-state index in [0.29, 0.717) is 22.6 Å². The van der Waals surface area contributed by atoms with Gasteiger partial charge in [0, 0.05) is 16.9 Å². The molecule has 0 aliphatic carbocycles. The number of benzene rings is 3. The average molecular weight is 446 g/mol. The van der Waals surface area contributed by atoms with E-state index in [1.165, 1.54) is 0 Å². The molecule has 32 heavy (non-hydrogen) atoms. The van der Waals surface area contributed by atoms with Crippen LogP contribution in [0.2, 0.25) is 0 Å². The maximum absolute atomic E-state index is 12.9. The summed E-state index contributed by atoms with van der Waals surface area (Å²) in [6, 6.07) is 21.1. The summed E-state index contributed by atoms with van der Waals surface area (Å²) in [5.74, 6) is -1.45. The smallest absolute Gasteiger partial charge is 0.283 e. The molecule has 0 spiro atoms. The summed E-state index contributed by atoms with van der Waals surface area (Å²) in [5, 5.41) is 5.55. The van der Waals surface area contributed by atoms with Crippen molar-refractivity contribution >= 4 is 46.4 Å². The third kappa shape index (κ3) is 4.26. The van der Waals surface area contributed by atoms with E-state index in [-0.39, 0.29) is 16.6 Å². The van der Waals surface area contributed by atoms with Crippen LogP contribution in [0, 0.1) is 13.8 Å². The van der Waals surface area contributed by atoms with Crippen LogP contribution in [0.5, 0.6) is 0 Å². The molecule has 0 aromatic heterocycles. The number of anilines is 3. The second-order valence-corrected chi connectivity index (χ2v) is 7.88. The van der Waals surface area contributed by atoms with Gasteiger partial charge in [-0.25, -0.2) is 4.90 Å². The first-order valence-electron chi connectivity index (χ1n) is 9.94. The minimum atomic E-state index is -0.601. The second kappa shape index (κ2) is 8.69. The molecule has 3 aromatic carbocycles. The van der Waals surface area contributed by atoms with E-state index in [2.05, 4.69) is 10.6 Å². The molecular formula is C25H20ClN3O3. The molecule has 4 rings (SSSR count). The van der Waals surface area contributed by atoms with Crippen molar-refractivity contribution in [2.45, 2.75) is 13.8 Å². The van der Waals surface area contributed by atoms with E-state index in [0.717, 1.165) is 16.0 Å². The summed E-state index contributed by atoms with van der Waals surface area (Å²) in [6.07, 6.45) is 0. The van der Waals surface area contributed by atoms with E-state index in [4.69, 9.17) is 11.6 Å². The first-order valence-corrected chi connectivity index (χ1v) is 10.3.